The van der Waals surface area contributed by atoms with E-state index in [1.165, 1.54) is 52.2 Å². The van der Waals surface area contributed by atoms with Crippen molar-refractivity contribution in [1.29, 1.82) is 0 Å². The van der Waals surface area contributed by atoms with Crippen LogP contribution in [0.1, 0.15) is 25.8 Å². The number of amides is 1. The minimum absolute atomic E-state index is 0.0885. The van der Waals surface area contributed by atoms with Gasteiger partial charge in [0.05, 0.1) is 23.0 Å². The van der Waals surface area contributed by atoms with Gasteiger partial charge in [-0.3, -0.25) is 14.9 Å². The lowest BCUT2D eigenvalue weighted by molar-refractivity contribution is -0.384. The third-order valence-corrected chi connectivity index (χ3v) is 9.17. The molecule has 0 aliphatic carbocycles. The van der Waals surface area contributed by atoms with Gasteiger partial charge in [-0.05, 0) is 31.0 Å². The summed E-state index contributed by atoms with van der Waals surface area (Å²) in [6.07, 6.45) is -0.363. The van der Waals surface area contributed by atoms with Crippen LogP contribution in [0, 0.1) is 22.0 Å². The third-order valence-electron chi connectivity index (χ3n) is 6.58. The molecule has 4 rings (SSSR count). The van der Waals surface area contributed by atoms with Gasteiger partial charge in [0.15, 0.2) is 0 Å². The Hall–Kier alpha value is -2.52. The third kappa shape index (κ3) is 4.80. The van der Waals surface area contributed by atoms with E-state index >= 15 is 0 Å². The number of nitrogens with two attached hydrogens (primary N) is 1. The molecule has 0 spiro atoms. The quantitative estimate of drug-likeness (QED) is 0.214. The van der Waals surface area contributed by atoms with Gasteiger partial charge in [0.1, 0.15) is 12.3 Å². The largest absolute Gasteiger partial charge is 0.456 e. The van der Waals surface area contributed by atoms with E-state index in [0.29, 0.717) is 16.9 Å². The van der Waals surface area contributed by atoms with Crippen LogP contribution in [0.25, 0.3) is 0 Å². The minimum atomic E-state index is -3.83. The highest BCUT2D eigenvalue weighted by Crippen LogP contribution is 2.52. The number of hydrogen-bond acceptors (Lipinski definition) is 9. The number of aliphatic hydroxyl groups is 1. The molecule has 35 heavy (non-hydrogen) atoms. The molecular weight excluding hydrogens is 500 g/mol. The number of aliphatic hydroxyl groups excluding tert-OH is 1. The summed E-state index contributed by atoms with van der Waals surface area (Å²) in [4.78, 5) is 38.3. The van der Waals surface area contributed by atoms with Gasteiger partial charge in [0.2, 0.25) is 5.91 Å². The van der Waals surface area contributed by atoms with Gasteiger partial charge in [-0.1, -0.05) is 6.92 Å². The van der Waals surface area contributed by atoms with Gasteiger partial charge < -0.3 is 14.7 Å². The zero-order chi connectivity index (χ0) is 25.7. The summed E-state index contributed by atoms with van der Waals surface area (Å²) in [5, 5.41) is 26.0. The van der Waals surface area contributed by atoms with Crippen LogP contribution in [-0.4, -0.2) is 70.0 Å². The molecular formula is C21H26N4O8S2. The fraction of sp³-hybridized carbons (Fsp3) is 0.524. The Kier molecular flexibility index (Phi) is 6.94. The zero-order valence-corrected chi connectivity index (χ0v) is 20.7. The number of benzene rings is 1. The molecule has 3 heterocycles. The Bertz CT molecular complexity index is 1180. The highest BCUT2D eigenvalue weighted by molar-refractivity contribution is 8.03. The van der Waals surface area contributed by atoms with E-state index in [2.05, 4.69) is 0 Å². The van der Waals surface area contributed by atoms with Gasteiger partial charge in [0, 0.05) is 41.3 Å². The second-order valence-electron chi connectivity index (χ2n) is 8.90. The average molecular weight is 527 g/mol. The Balaban J connectivity index is 1.55. The second kappa shape index (κ2) is 9.50. The molecule has 1 aromatic carbocycles. The first-order chi connectivity index (χ1) is 16.4. The van der Waals surface area contributed by atoms with Crippen molar-refractivity contribution in [3.63, 3.8) is 0 Å². The number of nitro groups is 1. The zero-order valence-electron chi connectivity index (χ0n) is 19.1. The normalized spacial score (nSPS) is 27.5. The van der Waals surface area contributed by atoms with Crippen LogP contribution in [0.3, 0.4) is 0 Å². The molecule has 14 heteroatoms. The Morgan fingerprint density at radius 1 is 1.37 bits per heavy atom. The molecule has 0 radical (unpaired) electrons. The van der Waals surface area contributed by atoms with Crippen LogP contribution < -0.4 is 5.14 Å². The maximum absolute atomic E-state index is 13.2. The fourth-order valence-corrected chi connectivity index (χ4v) is 7.13. The lowest BCUT2D eigenvalue weighted by Crippen LogP contribution is -2.63. The molecule has 190 valence electrons. The van der Waals surface area contributed by atoms with Gasteiger partial charge in [-0.2, -0.15) is 12.7 Å². The summed E-state index contributed by atoms with van der Waals surface area (Å²) in [7, 11) is -3.83. The maximum Gasteiger partial charge on any atom is 0.356 e. The first-order valence-corrected chi connectivity index (χ1v) is 13.4. The number of fused-ring (bicyclic) bond motifs is 1. The number of ether oxygens (including phenoxy) is 1. The van der Waals surface area contributed by atoms with E-state index in [0.717, 1.165) is 0 Å². The van der Waals surface area contributed by atoms with E-state index in [-0.39, 0.29) is 48.2 Å². The number of thioether (sulfide) groups is 1. The van der Waals surface area contributed by atoms with Crippen molar-refractivity contribution in [3.8, 4) is 0 Å². The van der Waals surface area contributed by atoms with Crippen LogP contribution in [0.5, 0.6) is 0 Å². The van der Waals surface area contributed by atoms with Crippen LogP contribution in [0.2, 0.25) is 0 Å². The van der Waals surface area contributed by atoms with Crippen LogP contribution in [0.15, 0.2) is 34.9 Å². The molecule has 3 aliphatic rings. The molecule has 2 saturated heterocycles. The first kappa shape index (κ1) is 25.6. The highest BCUT2D eigenvalue weighted by atomic mass is 32.2. The number of non-ortho nitro benzene ring substituents is 1. The summed E-state index contributed by atoms with van der Waals surface area (Å²) in [5.41, 5.74) is 0.553. The number of nitro benzene ring substituents is 1. The van der Waals surface area contributed by atoms with E-state index in [1.807, 2.05) is 6.92 Å². The number of rotatable bonds is 8. The van der Waals surface area contributed by atoms with Gasteiger partial charge in [-0.15, -0.1) is 11.8 Å². The van der Waals surface area contributed by atoms with Crippen LogP contribution in [-0.2, 0) is 31.1 Å². The van der Waals surface area contributed by atoms with Gasteiger partial charge >= 0.3 is 5.97 Å². The number of carbonyl (C=O) groups excluding carboxylic acids is 2. The molecule has 5 atom stereocenters. The number of esters is 1. The lowest BCUT2D eigenvalue weighted by atomic mass is 9.79. The summed E-state index contributed by atoms with van der Waals surface area (Å²) < 4.78 is 30.0. The molecule has 1 aromatic rings. The monoisotopic (exact) mass is 526 g/mol. The van der Waals surface area contributed by atoms with Crippen molar-refractivity contribution in [2.45, 2.75) is 44.3 Å². The molecule has 0 aromatic heterocycles. The summed E-state index contributed by atoms with van der Waals surface area (Å²) in [6.45, 7) is 3.70. The Morgan fingerprint density at radius 3 is 2.57 bits per heavy atom. The average Bonchev–Trinajstić information content (AvgIpc) is 3.34. The first-order valence-electron chi connectivity index (χ1n) is 11.0. The van der Waals surface area contributed by atoms with Crippen LogP contribution in [0.4, 0.5) is 5.69 Å². The molecule has 1 amide bonds. The van der Waals surface area contributed by atoms with Crippen molar-refractivity contribution in [2.75, 3.05) is 13.1 Å². The number of carbonyl (C=O) groups is 2. The Morgan fingerprint density at radius 2 is 2.03 bits per heavy atom. The predicted octanol–water partition coefficient (Wildman–Crippen LogP) is 0.718. The maximum atomic E-state index is 13.2. The van der Waals surface area contributed by atoms with Crippen molar-refractivity contribution < 1.29 is 32.8 Å². The summed E-state index contributed by atoms with van der Waals surface area (Å²) in [6, 6.07) is 5.17. The summed E-state index contributed by atoms with van der Waals surface area (Å²) in [5.74, 6) is -2.00. The van der Waals surface area contributed by atoms with Crippen LogP contribution >= 0.6 is 11.8 Å². The molecule has 3 N–H and O–H groups in total. The molecule has 0 bridgehead atoms. The van der Waals surface area contributed by atoms with Crippen molar-refractivity contribution in [3.05, 3.63) is 50.5 Å². The lowest BCUT2D eigenvalue weighted by Gasteiger charge is -2.46. The molecule has 2 fully saturated rings. The second-order valence-corrected chi connectivity index (χ2v) is 11.8. The molecule has 12 nitrogen and oxygen atoms in total. The van der Waals surface area contributed by atoms with Gasteiger partial charge in [-0.25, -0.2) is 9.93 Å². The standard InChI is InChI=1S/C21H26N4O8S2/c1-11-17-16(12(2)26)20(27)24(17)18(19(11)34-15-7-8-23(9-15)35(22,31)32)21(28)33-10-13-3-5-14(6-4-13)25(29)30/h3-6,11-12,15-17,26H,7-10H2,1-2H3,(H2,22,31,32)/t11-,12-,15+,16-,17-/m1/s1. The number of nitrogens with zero attached hydrogens (tertiary/aromatic N) is 3. The molecule has 3 aliphatic heterocycles. The minimum Gasteiger partial charge on any atom is -0.456 e. The topological polar surface area (TPSA) is 173 Å². The van der Waals surface area contributed by atoms with E-state index in [9.17, 15) is 33.2 Å². The molecule has 0 unspecified atom stereocenters. The van der Waals surface area contributed by atoms with E-state index in [4.69, 9.17) is 9.88 Å². The highest BCUT2D eigenvalue weighted by Gasteiger charge is 2.60. The molecule has 0 saturated carbocycles. The smallest absolute Gasteiger partial charge is 0.356 e. The Labute approximate surface area is 206 Å². The van der Waals surface area contributed by atoms with E-state index in [1.54, 1.807) is 0 Å². The van der Waals surface area contributed by atoms with E-state index < -0.39 is 39.2 Å². The van der Waals surface area contributed by atoms with Crippen molar-refractivity contribution in [1.82, 2.24) is 9.21 Å². The number of hydrogen-bond donors (Lipinski definition) is 2. The van der Waals surface area contributed by atoms with Crippen molar-refractivity contribution >= 4 is 39.5 Å². The SMILES string of the molecule is C[C@@H](O)[C@H]1C(=O)N2C(C(=O)OCc3ccc([N+](=O)[O-])cc3)=C(S[C@H]3CCN(S(N)(=O)=O)C3)[C@H](C)[C@H]12. The predicted molar refractivity (Wildman–Crippen MR) is 126 cm³/mol. The fourth-order valence-electron chi connectivity index (χ4n) is 4.80. The van der Waals surface area contributed by atoms with Gasteiger partial charge in [0.25, 0.3) is 15.9 Å². The van der Waals surface area contributed by atoms with Crippen molar-refractivity contribution in [2.24, 2.45) is 17.0 Å². The summed E-state index contributed by atoms with van der Waals surface area (Å²) >= 11 is 1.34. The number of β-lactam (4-membered cyclic amide) rings is 1.